The van der Waals surface area contributed by atoms with E-state index in [1.54, 1.807) is 0 Å². The van der Waals surface area contributed by atoms with E-state index in [1.165, 1.54) is 6.42 Å². The fourth-order valence-corrected chi connectivity index (χ4v) is 3.08. The molecule has 1 rings (SSSR count). The molecule has 0 bridgehead atoms. The van der Waals surface area contributed by atoms with Crippen LogP contribution in [0.1, 0.15) is 53.9 Å². The molecule has 1 aliphatic rings. The van der Waals surface area contributed by atoms with Crippen LogP contribution in [0.3, 0.4) is 0 Å². The Hall–Kier alpha value is -0.610. The fourth-order valence-electron chi connectivity index (χ4n) is 3.08. The molecule has 0 aromatic carbocycles. The van der Waals surface area contributed by atoms with Crippen LogP contribution < -0.4 is 11.1 Å². The van der Waals surface area contributed by atoms with Crippen molar-refractivity contribution in [3.8, 4) is 0 Å². The van der Waals surface area contributed by atoms with Gasteiger partial charge < -0.3 is 16.0 Å². The van der Waals surface area contributed by atoms with Crippen LogP contribution in [0.25, 0.3) is 0 Å². The Morgan fingerprint density at radius 1 is 1.45 bits per heavy atom. The predicted molar refractivity (Wildman–Crippen MR) is 84.5 cm³/mol. The summed E-state index contributed by atoms with van der Waals surface area (Å²) in [6.07, 6.45) is 3.04. The summed E-state index contributed by atoms with van der Waals surface area (Å²) in [6, 6.07) is 0.381. The number of nitrogens with one attached hydrogen (secondary N) is 1. The van der Waals surface area contributed by atoms with Gasteiger partial charge in [0.1, 0.15) is 0 Å². The van der Waals surface area contributed by atoms with Crippen LogP contribution in [-0.2, 0) is 4.79 Å². The molecule has 1 amide bonds. The smallest absolute Gasteiger partial charge is 0.237 e. The normalized spacial score (nSPS) is 28.9. The van der Waals surface area contributed by atoms with Gasteiger partial charge in [-0.05, 0) is 58.0 Å². The zero-order valence-corrected chi connectivity index (χ0v) is 13.9. The summed E-state index contributed by atoms with van der Waals surface area (Å²) in [5.74, 6) is 1.30. The van der Waals surface area contributed by atoms with E-state index in [1.807, 2.05) is 6.92 Å². The number of carbonyl (C=O) groups is 1. The van der Waals surface area contributed by atoms with E-state index in [2.05, 4.69) is 37.9 Å². The minimum Gasteiger partial charge on any atom is -0.368 e. The van der Waals surface area contributed by atoms with Gasteiger partial charge in [-0.2, -0.15) is 0 Å². The first-order valence-electron chi connectivity index (χ1n) is 8.09. The lowest BCUT2D eigenvalue weighted by Crippen LogP contribution is -2.57. The maximum absolute atomic E-state index is 11.8. The lowest BCUT2D eigenvalue weighted by Gasteiger charge is -2.41. The van der Waals surface area contributed by atoms with E-state index < -0.39 is 5.54 Å². The molecule has 0 aromatic heterocycles. The van der Waals surface area contributed by atoms with Gasteiger partial charge in [0.2, 0.25) is 5.91 Å². The van der Waals surface area contributed by atoms with Crippen LogP contribution in [0.4, 0.5) is 0 Å². The van der Waals surface area contributed by atoms with Crippen molar-refractivity contribution in [2.75, 3.05) is 19.6 Å². The zero-order valence-electron chi connectivity index (χ0n) is 13.9. The number of nitrogens with two attached hydrogens (primary N) is 1. The number of piperidine rings is 1. The van der Waals surface area contributed by atoms with Crippen LogP contribution in [0.15, 0.2) is 0 Å². The van der Waals surface area contributed by atoms with Gasteiger partial charge in [-0.25, -0.2) is 0 Å². The van der Waals surface area contributed by atoms with Gasteiger partial charge in [-0.3, -0.25) is 4.79 Å². The number of hydrogen-bond acceptors (Lipinski definition) is 3. The summed E-state index contributed by atoms with van der Waals surface area (Å²) < 4.78 is 0. The predicted octanol–water partition coefficient (Wildman–Crippen LogP) is 1.99. The fraction of sp³-hybridized carbons (Fsp3) is 0.938. The Balaban J connectivity index is 2.62. The lowest BCUT2D eigenvalue weighted by molar-refractivity contribution is -0.124. The second-order valence-electron chi connectivity index (χ2n) is 6.91. The van der Waals surface area contributed by atoms with Crippen LogP contribution in [-0.4, -0.2) is 42.0 Å². The van der Waals surface area contributed by atoms with Gasteiger partial charge in [-0.15, -0.1) is 0 Å². The molecule has 0 radical (unpaired) electrons. The van der Waals surface area contributed by atoms with Gasteiger partial charge in [-0.1, -0.05) is 20.8 Å². The monoisotopic (exact) mass is 283 g/mol. The van der Waals surface area contributed by atoms with Crippen molar-refractivity contribution in [2.45, 2.75) is 65.5 Å². The summed E-state index contributed by atoms with van der Waals surface area (Å²) >= 11 is 0. The number of rotatable bonds is 7. The molecule has 0 spiro atoms. The van der Waals surface area contributed by atoms with Crippen molar-refractivity contribution in [1.29, 1.82) is 0 Å². The minimum absolute atomic E-state index is 0.240. The topological polar surface area (TPSA) is 58.4 Å². The van der Waals surface area contributed by atoms with E-state index in [0.717, 1.165) is 44.3 Å². The highest BCUT2D eigenvalue weighted by Crippen LogP contribution is 2.26. The molecule has 4 atom stereocenters. The van der Waals surface area contributed by atoms with E-state index in [0.29, 0.717) is 6.04 Å². The maximum Gasteiger partial charge on any atom is 0.237 e. The minimum atomic E-state index is -0.596. The van der Waals surface area contributed by atoms with Crippen LogP contribution in [0.5, 0.6) is 0 Å². The van der Waals surface area contributed by atoms with Gasteiger partial charge in [0.25, 0.3) is 0 Å². The average molecular weight is 283 g/mol. The number of hydrogen-bond donors (Lipinski definition) is 2. The van der Waals surface area contributed by atoms with Crippen LogP contribution in [0, 0.1) is 11.8 Å². The van der Waals surface area contributed by atoms with Gasteiger partial charge in [0.15, 0.2) is 0 Å². The highest BCUT2D eigenvalue weighted by Gasteiger charge is 2.35. The Kier molecular flexibility index (Phi) is 6.46. The SMILES string of the molecule is CCCNC(C)(CC(C)N1CCC(C)C(C)C1)C(N)=O. The molecule has 0 aromatic rings. The van der Waals surface area contributed by atoms with Gasteiger partial charge in [0.05, 0.1) is 5.54 Å². The number of nitrogens with zero attached hydrogens (tertiary/aromatic N) is 1. The van der Waals surface area contributed by atoms with Crippen LogP contribution in [0.2, 0.25) is 0 Å². The van der Waals surface area contributed by atoms with E-state index in [9.17, 15) is 4.79 Å². The summed E-state index contributed by atoms with van der Waals surface area (Å²) in [5.41, 5.74) is 5.02. The number of amides is 1. The summed E-state index contributed by atoms with van der Waals surface area (Å²) in [5, 5.41) is 3.33. The van der Waals surface area contributed by atoms with Gasteiger partial charge >= 0.3 is 0 Å². The zero-order chi connectivity index (χ0) is 15.3. The Morgan fingerprint density at radius 2 is 2.10 bits per heavy atom. The molecule has 1 fully saturated rings. The standard InChI is InChI=1S/C16H33N3O/c1-6-8-18-16(5,15(17)20)10-14(4)19-9-7-12(2)13(3)11-19/h12-14,18H,6-11H2,1-5H3,(H2,17,20). The molecule has 118 valence electrons. The Labute approximate surface area is 124 Å². The molecule has 4 heteroatoms. The summed E-state index contributed by atoms with van der Waals surface area (Å²) in [6.45, 7) is 14.0. The Bertz CT molecular complexity index is 321. The summed E-state index contributed by atoms with van der Waals surface area (Å²) in [4.78, 5) is 14.3. The molecule has 1 saturated heterocycles. The van der Waals surface area contributed by atoms with Crippen molar-refractivity contribution in [2.24, 2.45) is 17.6 Å². The molecule has 1 heterocycles. The van der Waals surface area contributed by atoms with E-state index in [4.69, 9.17) is 5.73 Å². The van der Waals surface area contributed by atoms with Crippen LogP contribution >= 0.6 is 0 Å². The lowest BCUT2D eigenvalue weighted by atomic mass is 9.86. The third-order valence-electron chi connectivity index (χ3n) is 5.00. The van der Waals surface area contributed by atoms with Crippen molar-refractivity contribution in [1.82, 2.24) is 10.2 Å². The van der Waals surface area contributed by atoms with Crippen molar-refractivity contribution in [3.63, 3.8) is 0 Å². The molecule has 0 aliphatic carbocycles. The first kappa shape index (κ1) is 17.4. The van der Waals surface area contributed by atoms with Crippen molar-refractivity contribution < 1.29 is 4.79 Å². The number of primary amides is 1. The molecular formula is C16H33N3O. The highest BCUT2D eigenvalue weighted by molar-refractivity contribution is 5.84. The number of carbonyl (C=O) groups excluding carboxylic acids is 1. The molecule has 4 nitrogen and oxygen atoms in total. The molecule has 3 N–H and O–H groups in total. The van der Waals surface area contributed by atoms with E-state index in [-0.39, 0.29) is 5.91 Å². The first-order chi connectivity index (χ1) is 9.30. The largest absolute Gasteiger partial charge is 0.368 e. The molecule has 20 heavy (non-hydrogen) atoms. The third-order valence-corrected chi connectivity index (χ3v) is 5.00. The second kappa shape index (κ2) is 7.41. The molecule has 1 aliphatic heterocycles. The Morgan fingerprint density at radius 3 is 2.60 bits per heavy atom. The highest BCUT2D eigenvalue weighted by atomic mass is 16.1. The molecule has 0 saturated carbocycles. The van der Waals surface area contributed by atoms with Crippen molar-refractivity contribution in [3.05, 3.63) is 0 Å². The third kappa shape index (κ3) is 4.45. The molecule has 4 unspecified atom stereocenters. The van der Waals surface area contributed by atoms with Gasteiger partial charge in [0, 0.05) is 12.6 Å². The van der Waals surface area contributed by atoms with Crippen molar-refractivity contribution >= 4 is 5.91 Å². The molecular weight excluding hydrogens is 250 g/mol. The summed E-state index contributed by atoms with van der Waals surface area (Å²) in [7, 11) is 0. The second-order valence-corrected chi connectivity index (χ2v) is 6.91. The maximum atomic E-state index is 11.8. The quantitative estimate of drug-likeness (QED) is 0.751. The average Bonchev–Trinajstić information content (AvgIpc) is 2.39. The first-order valence-corrected chi connectivity index (χ1v) is 8.09. The number of likely N-dealkylation sites (tertiary alicyclic amines) is 1. The van der Waals surface area contributed by atoms with E-state index >= 15 is 0 Å².